The van der Waals surface area contributed by atoms with Gasteiger partial charge >= 0.3 is 18.0 Å². The highest BCUT2D eigenvalue weighted by Gasteiger charge is 2.18. The maximum absolute atomic E-state index is 11.2. The Morgan fingerprint density at radius 3 is 1.96 bits per heavy atom. The van der Waals surface area contributed by atoms with Gasteiger partial charge in [0.05, 0.1) is 26.1 Å². The zero-order valence-electron chi connectivity index (χ0n) is 15.9. The van der Waals surface area contributed by atoms with Gasteiger partial charge in [0.1, 0.15) is 5.60 Å². The molecule has 0 aliphatic rings. The van der Waals surface area contributed by atoms with Gasteiger partial charge in [-0.15, -0.1) is 0 Å². The number of nitrogens with zero attached hydrogens (tertiary/aromatic N) is 3. The Hall–Kier alpha value is -2.48. The number of esters is 2. The second-order valence-electron chi connectivity index (χ2n) is 6.14. The van der Waals surface area contributed by atoms with Crippen LogP contribution in [0.3, 0.4) is 0 Å². The molecule has 0 unspecified atom stereocenters. The highest BCUT2D eigenvalue weighted by Crippen LogP contribution is 2.06. The first-order valence-corrected chi connectivity index (χ1v) is 7.61. The summed E-state index contributed by atoms with van der Waals surface area (Å²) in [5.74, 6) is -1.43. The summed E-state index contributed by atoms with van der Waals surface area (Å²) in [6.45, 7) is 9.00. The fraction of sp³-hybridized carbons (Fsp3) is 0.800. The molecule has 1 amide bonds. The van der Waals surface area contributed by atoms with Gasteiger partial charge in [0, 0.05) is 18.0 Å². The van der Waals surface area contributed by atoms with E-state index in [4.69, 9.17) is 10.3 Å². The van der Waals surface area contributed by atoms with Crippen LogP contribution < -0.4 is 5.32 Å². The van der Waals surface area contributed by atoms with Gasteiger partial charge in [-0.25, -0.2) is 4.79 Å². The van der Waals surface area contributed by atoms with Gasteiger partial charge in [-0.05, 0) is 26.3 Å². The largest absolute Gasteiger partial charge is 0.469 e. The number of rotatable bonds is 6. The molecule has 0 spiro atoms. The van der Waals surface area contributed by atoms with Crippen molar-refractivity contribution in [3.63, 3.8) is 0 Å². The number of alkyl carbamates (subject to hydrolysis) is 1. The van der Waals surface area contributed by atoms with Gasteiger partial charge in [-0.3, -0.25) is 9.59 Å². The minimum atomic E-state index is -0.529. The van der Waals surface area contributed by atoms with Crippen LogP contribution in [0.1, 0.15) is 34.6 Å². The third kappa shape index (κ3) is 14.8. The normalized spacial score (nSPS) is 12.3. The van der Waals surface area contributed by atoms with E-state index >= 15 is 0 Å². The van der Waals surface area contributed by atoms with Gasteiger partial charge in [-0.1, -0.05) is 19.0 Å². The van der Waals surface area contributed by atoms with Crippen LogP contribution in [0, 0.1) is 11.8 Å². The van der Waals surface area contributed by atoms with E-state index in [2.05, 4.69) is 24.8 Å². The van der Waals surface area contributed by atoms with Crippen molar-refractivity contribution in [1.82, 2.24) is 5.32 Å². The molecule has 1 N–H and O–H groups in total. The van der Waals surface area contributed by atoms with Gasteiger partial charge in [0.15, 0.2) is 0 Å². The van der Waals surface area contributed by atoms with Crippen molar-refractivity contribution in [3.8, 4) is 0 Å². The van der Waals surface area contributed by atoms with Crippen LogP contribution in [0.25, 0.3) is 10.4 Å². The van der Waals surface area contributed by atoms with E-state index in [1.54, 1.807) is 34.6 Å². The molecule has 0 aromatic carbocycles. The molecule has 10 nitrogen and oxygen atoms in total. The molecule has 0 fully saturated rings. The fourth-order valence-electron chi connectivity index (χ4n) is 1.27. The Bertz CT molecular complexity index is 483. The lowest BCUT2D eigenvalue weighted by molar-refractivity contribution is -0.145. The molecule has 0 aliphatic heterocycles. The van der Waals surface area contributed by atoms with E-state index in [0.717, 1.165) is 0 Å². The molecule has 0 radical (unpaired) electrons. The second kappa shape index (κ2) is 12.9. The molecule has 0 aliphatic carbocycles. The summed E-state index contributed by atoms with van der Waals surface area (Å²) in [6, 6.07) is 0. The quantitative estimate of drug-likeness (QED) is 0.254. The third-order valence-corrected chi connectivity index (χ3v) is 2.58. The predicted molar refractivity (Wildman–Crippen MR) is 90.6 cm³/mol. The second-order valence-corrected chi connectivity index (χ2v) is 6.14. The standard InChI is InChI=1S/C10H19NO4.C5H9N3O2/c1-7(8(12)14-5)6-11-9(13)15-10(2,3)4;1-4(3-7-8-6)5(9)10-2/h7H,6H2,1-5H3,(H,11,13);4H,3H2,1-2H3/t7-;4-/m11/s1. The Morgan fingerprint density at radius 2 is 1.56 bits per heavy atom. The molecule has 0 aromatic rings. The minimum Gasteiger partial charge on any atom is -0.469 e. The zero-order valence-corrected chi connectivity index (χ0v) is 15.9. The number of azide groups is 1. The van der Waals surface area contributed by atoms with Gasteiger partial charge < -0.3 is 19.5 Å². The molecular weight excluding hydrogens is 332 g/mol. The smallest absolute Gasteiger partial charge is 0.407 e. The predicted octanol–water partition coefficient (Wildman–Crippen LogP) is 2.43. The lowest BCUT2D eigenvalue weighted by Crippen LogP contribution is -2.36. The number of nitrogens with one attached hydrogen (secondary N) is 1. The monoisotopic (exact) mass is 360 g/mol. The van der Waals surface area contributed by atoms with Crippen LogP contribution in [0.15, 0.2) is 5.11 Å². The molecule has 0 saturated heterocycles. The summed E-state index contributed by atoms with van der Waals surface area (Å²) in [5.41, 5.74) is 7.35. The Morgan fingerprint density at radius 1 is 1.08 bits per heavy atom. The van der Waals surface area contributed by atoms with Crippen LogP contribution in [-0.2, 0) is 23.8 Å². The number of methoxy groups -OCH3 is 2. The first-order valence-electron chi connectivity index (χ1n) is 7.61. The molecule has 0 bridgehead atoms. The average Bonchev–Trinajstić information content (AvgIpc) is 2.54. The lowest BCUT2D eigenvalue weighted by atomic mass is 10.2. The van der Waals surface area contributed by atoms with E-state index < -0.39 is 11.7 Å². The van der Waals surface area contributed by atoms with Crippen molar-refractivity contribution in [2.24, 2.45) is 17.0 Å². The molecule has 10 heteroatoms. The lowest BCUT2D eigenvalue weighted by Gasteiger charge is -2.20. The van der Waals surface area contributed by atoms with Crippen molar-refractivity contribution >= 4 is 18.0 Å². The molecule has 144 valence electrons. The number of hydrogen-bond acceptors (Lipinski definition) is 7. The van der Waals surface area contributed by atoms with Crippen LogP contribution in [0.4, 0.5) is 4.79 Å². The van der Waals surface area contributed by atoms with Crippen LogP contribution >= 0.6 is 0 Å². The number of ether oxygens (including phenoxy) is 3. The molecular formula is C15H28N4O6. The zero-order chi connectivity index (χ0) is 20.0. The Kier molecular flexibility index (Phi) is 12.8. The van der Waals surface area contributed by atoms with Crippen LogP contribution in [0.5, 0.6) is 0 Å². The minimum absolute atomic E-state index is 0.156. The molecule has 25 heavy (non-hydrogen) atoms. The highest BCUT2D eigenvalue weighted by molar-refractivity contribution is 5.74. The summed E-state index contributed by atoms with van der Waals surface area (Å²) in [7, 11) is 2.61. The van der Waals surface area contributed by atoms with Crippen molar-refractivity contribution < 1.29 is 28.6 Å². The van der Waals surface area contributed by atoms with E-state index in [9.17, 15) is 14.4 Å². The van der Waals surface area contributed by atoms with Gasteiger partial charge in [0.2, 0.25) is 0 Å². The van der Waals surface area contributed by atoms with E-state index in [1.807, 2.05) is 0 Å². The summed E-state index contributed by atoms with van der Waals surface area (Å²) in [5, 5.41) is 5.71. The number of hydrogen-bond donors (Lipinski definition) is 1. The van der Waals surface area contributed by atoms with Gasteiger partial charge in [-0.2, -0.15) is 0 Å². The Balaban J connectivity index is 0. The average molecular weight is 360 g/mol. The van der Waals surface area contributed by atoms with Crippen molar-refractivity contribution in [2.75, 3.05) is 27.3 Å². The van der Waals surface area contributed by atoms with Crippen molar-refractivity contribution in [3.05, 3.63) is 10.4 Å². The van der Waals surface area contributed by atoms with Gasteiger partial charge in [0.25, 0.3) is 0 Å². The van der Waals surface area contributed by atoms with Crippen LogP contribution in [-0.4, -0.2) is 50.9 Å². The molecule has 2 atom stereocenters. The van der Waals surface area contributed by atoms with Crippen molar-refractivity contribution in [1.29, 1.82) is 0 Å². The third-order valence-electron chi connectivity index (χ3n) is 2.58. The van der Waals surface area contributed by atoms with E-state index in [1.165, 1.54) is 14.2 Å². The summed E-state index contributed by atoms with van der Waals surface area (Å²) < 4.78 is 13.9. The number of carbonyl (C=O) groups is 3. The van der Waals surface area contributed by atoms with Crippen molar-refractivity contribution in [2.45, 2.75) is 40.2 Å². The maximum atomic E-state index is 11.2. The summed E-state index contributed by atoms with van der Waals surface area (Å²) in [6.07, 6.45) is -0.529. The summed E-state index contributed by atoms with van der Waals surface area (Å²) in [4.78, 5) is 35.3. The fourth-order valence-corrected chi connectivity index (χ4v) is 1.27. The molecule has 0 heterocycles. The van der Waals surface area contributed by atoms with E-state index in [0.29, 0.717) is 0 Å². The number of carbonyl (C=O) groups excluding carboxylic acids is 3. The Labute approximate surface area is 147 Å². The summed E-state index contributed by atoms with van der Waals surface area (Å²) >= 11 is 0. The topological polar surface area (TPSA) is 140 Å². The maximum Gasteiger partial charge on any atom is 0.407 e. The first kappa shape index (κ1) is 24.8. The molecule has 0 rings (SSSR count). The highest BCUT2D eigenvalue weighted by atomic mass is 16.6. The molecule has 0 saturated carbocycles. The SMILES string of the molecule is COC(=O)[C@H](C)CN=[N+]=[N-].COC(=O)[C@H](C)CNC(=O)OC(C)(C)C. The first-order chi connectivity index (χ1) is 11.5. The van der Waals surface area contributed by atoms with Crippen LogP contribution in [0.2, 0.25) is 0 Å². The van der Waals surface area contributed by atoms with E-state index in [-0.39, 0.29) is 36.9 Å². The number of amides is 1. The molecule has 0 aromatic heterocycles.